The smallest absolute Gasteiger partial charge is 0.242 e. The van der Waals surface area contributed by atoms with Gasteiger partial charge in [0.15, 0.2) is 0 Å². The van der Waals surface area contributed by atoms with Crippen molar-refractivity contribution < 1.29 is 14.3 Å². The fraction of sp³-hybridized carbons (Fsp3) is 0.440. The van der Waals surface area contributed by atoms with E-state index in [-0.39, 0.29) is 11.8 Å². The number of benzene rings is 2. The molecule has 162 valence electrons. The van der Waals surface area contributed by atoms with Crippen molar-refractivity contribution in [2.75, 3.05) is 13.2 Å². The first-order valence-electron chi connectivity index (χ1n) is 10.9. The van der Waals surface area contributed by atoms with Crippen molar-refractivity contribution in [1.29, 1.82) is 0 Å². The van der Waals surface area contributed by atoms with E-state index in [4.69, 9.17) is 4.74 Å². The quantitative estimate of drug-likeness (QED) is 0.492. The minimum Gasteiger partial charge on any atom is -0.494 e. The molecule has 2 rings (SSSR count). The summed E-state index contributed by atoms with van der Waals surface area (Å²) in [6.07, 6.45) is 3.49. The van der Waals surface area contributed by atoms with Crippen LogP contribution < -0.4 is 10.1 Å². The summed E-state index contributed by atoms with van der Waals surface area (Å²) < 4.78 is 5.70. The molecule has 30 heavy (non-hydrogen) atoms. The van der Waals surface area contributed by atoms with Gasteiger partial charge in [-0.1, -0.05) is 68.8 Å². The monoisotopic (exact) mass is 410 g/mol. The van der Waals surface area contributed by atoms with E-state index in [0.717, 1.165) is 24.2 Å². The lowest BCUT2D eigenvalue weighted by molar-refractivity contribution is -0.141. The van der Waals surface area contributed by atoms with Gasteiger partial charge in [0.1, 0.15) is 11.8 Å². The maximum Gasteiger partial charge on any atom is 0.242 e. The van der Waals surface area contributed by atoms with E-state index in [1.807, 2.05) is 67.6 Å². The maximum atomic E-state index is 13.1. The molecule has 0 heterocycles. The molecule has 1 unspecified atom stereocenters. The molecule has 5 nitrogen and oxygen atoms in total. The molecule has 0 aliphatic heterocycles. The van der Waals surface area contributed by atoms with Gasteiger partial charge in [0, 0.05) is 19.5 Å². The summed E-state index contributed by atoms with van der Waals surface area (Å²) in [7, 11) is 0. The zero-order chi connectivity index (χ0) is 21.6. The summed E-state index contributed by atoms with van der Waals surface area (Å²) in [5.74, 6) is 0.705. The predicted octanol–water partition coefficient (Wildman–Crippen LogP) is 4.57. The van der Waals surface area contributed by atoms with E-state index >= 15 is 0 Å². The molecule has 0 radical (unpaired) electrons. The van der Waals surface area contributed by atoms with E-state index < -0.39 is 6.04 Å². The molecule has 0 aliphatic carbocycles. The Hall–Kier alpha value is -2.82. The van der Waals surface area contributed by atoms with Crippen LogP contribution >= 0.6 is 0 Å². The number of carbonyl (C=O) groups is 2. The van der Waals surface area contributed by atoms with Crippen LogP contribution in [0.2, 0.25) is 0 Å². The lowest BCUT2D eigenvalue weighted by Crippen LogP contribution is -2.49. The van der Waals surface area contributed by atoms with Crippen LogP contribution in [0, 0.1) is 0 Å². The molecule has 0 aromatic heterocycles. The van der Waals surface area contributed by atoms with Gasteiger partial charge >= 0.3 is 0 Å². The molecule has 0 bridgehead atoms. The summed E-state index contributed by atoms with van der Waals surface area (Å²) in [5.41, 5.74) is 1.02. The summed E-state index contributed by atoms with van der Waals surface area (Å²) in [4.78, 5) is 27.6. The number of carbonyl (C=O) groups excluding carboxylic acids is 2. The molecule has 0 aliphatic rings. The predicted molar refractivity (Wildman–Crippen MR) is 120 cm³/mol. The second kappa shape index (κ2) is 13.4. The van der Waals surface area contributed by atoms with Gasteiger partial charge in [0.2, 0.25) is 11.8 Å². The van der Waals surface area contributed by atoms with Crippen LogP contribution in [0.15, 0.2) is 60.7 Å². The number of nitrogens with one attached hydrogen (secondary N) is 1. The number of para-hydroxylation sites is 1. The average molecular weight is 411 g/mol. The van der Waals surface area contributed by atoms with Gasteiger partial charge in [-0.05, 0) is 37.0 Å². The normalized spacial score (nSPS) is 11.5. The molecular formula is C25H34N2O3. The van der Waals surface area contributed by atoms with Crippen molar-refractivity contribution in [3.8, 4) is 5.75 Å². The molecule has 2 aromatic carbocycles. The Bertz CT molecular complexity index is 750. The van der Waals surface area contributed by atoms with Crippen LogP contribution in [0.1, 0.15) is 51.5 Å². The molecule has 1 atom stereocenters. The van der Waals surface area contributed by atoms with Crippen LogP contribution in [0.5, 0.6) is 5.75 Å². The largest absolute Gasteiger partial charge is 0.494 e. The minimum absolute atomic E-state index is 0.0204. The number of hydrogen-bond acceptors (Lipinski definition) is 3. The molecule has 1 N–H and O–H groups in total. The molecule has 0 fully saturated rings. The second-order valence-corrected chi connectivity index (χ2v) is 7.34. The van der Waals surface area contributed by atoms with Gasteiger partial charge in [-0.3, -0.25) is 9.59 Å². The Kier molecular flexibility index (Phi) is 10.5. The van der Waals surface area contributed by atoms with E-state index in [2.05, 4.69) is 12.2 Å². The third-order valence-corrected chi connectivity index (χ3v) is 4.96. The molecule has 0 saturated carbocycles. The number of nitrogens with zero attached hydrogens (tertiary/aromatic N) is 1. The third kappa shape index (κ3) is 7.90. The fourth-order valence-corrected chi connectivity index (χ4v) is 3.28. The highest BCUT2D eigenvalue weighted by Crippen LogP contribution is 2.15. The van der Waals surface area contributed by atoms with Gasteiger partial charge in [-0.2, -0.15) is 0 Å². The van der Waals surface area contributed by atoms with E-state index in [1.54, 1.807) is 4.90 Å². The van der Waals surface area contributed by atoms with Gasteiger partial charge in [-0.25, -0.2) is 0 Å². The SMILES string of the molecule is CCCCNC(=O)C(CC)N(Cc1ccccc1)C(=O)CCCOc1ccccc1. The number of hydrogen-bond donors (Lipinski definition) is 1. The van der Waals surface area contributed by atoms with E-state index in [0.29, 0.717) is 39.0 Å². The summed E-state index contributed by atoms with van der Waals surface area (Å²) in [6, 6.07) is 18.9. The first-order valence-corrected chi connectivity index (χ1v) is 10.9. The Labute approximate surface area is 180 Å². The molecular weight excluding hydrogens is 376 g/mol. The van der Waals surface area contributed by atoms with Crippen molar-refractivity contribution in [2.45, 2.75) is 58.5 Å². The van der Waals surface area contributed by atoms with Crippen LogP contribution in [0.25, 0.3) is 0 Å². The lowest BCUT2D eigenvalue weighted by Gasteiger charge is -2.30. The number of rotatable bonds is 13. The van der Waals surface area contributed by atoms with Crippen molar-refractivity contribution in [1.82, 2.24) is 10.2 Å². The zero-order valence-electron chi connectivity index (χ0n) is 18.2. The first kappa shape index (κ1) is 23.5. The standard InChI is InChI=1S/C25H34N2O3/c1-3-5-18-26-25(29)23(4-2)27(20-21-13-8-6-9-14-21)24(28)17-12-19-30-22-15-10-7-11-16-22/h6-11,13-16,23H,3-5,12,17-20H2,1-2H3,(H,26,29). The topological polar surface area (TPSA) is 58.6 Å². The highest BCUT2D eigenvalue weighted by Gasteiger charge is 2.28. The lowest BCUT2D eigenvalue weighted by atomic mass is 10.1. The maximum absolute atomic E-state index is 13.1. The molecule has 5 heteroatoms. The van der Waals surface area contributed by atoms with Crippen molar-refractivity contribution in [3.63, 3.8) is 0 Å². The summed E-state index contributed by atoms with van der Waals surface area (Å²) in [5, 5.41) is 2.99. The van der Waals surface area contributed by atoms with Gasteiger partial charge in [0.05, 0.1) is 6.61 Å². The van der Waals surface area contributed by atoms with Gasteiger partial charge < -0.3 is 15.0 Å². The van der Waals surface area contributed by atoms with Crippen LogP contribution in [0.3, 0.4) is 0 Å². The summed E-state index contributed by atoms with van der Waals surface area (Å²) >= 11 is 0. The Morgan fingerprint density at radius 1 is 0.967 bits per heavy atom. The third-order valence-electron chi connectivity index (χ3n) is 4.96. The van der Waals surface area contributed by atoms with Crippen LogP contribution in [0.4, 0.5) is 0 Å². The van der Waals surface area contributed by atoms with Crippen molar-refractivity contribution >= 4 is 11.8 Å². The first-order chi connectivity index (χ1) is 14.7. The second-order valence-electron chi connectivity index (χ2n) is 7.34. The van der Waals surface area contributed by atoms with Crippen LogP contribution in [-0.2, 0) is 16.1 Å². The molecule has 2 amide bonds. The van der Waals surface area contributed by atoms with E-state index in [1.165, 1.54) is 0 Å². The Balaban J connectivity index is 1.99. The highest BCUT2D eigenvalue weighted by molar-refractivity contribution is 5.87. The van der Waals surface area contributed by atoms with E-state index in [9.17, 15) is 9.59 Å². The zero-order valence-corrected chi connectivity index (χ0v) is 18.2. The highest BCUT2D eigenvalue weighted by atomic mass is 16.5. The van der Waals surface area contributed by atoms with Gasteiger partial charge in [-0.15, -0.1) is 0 Å². The fourth-order valence-electron chi connectivity index (χ4n) is 3.28. The van der Waals surface area contributed by atoms with Crippen molar-refractivity contribution in [2.24, 2.45) is 0 Å². The number of ether oxygens (including phenoxy) is 1. The Morgan fingerprint density at radius 3 is 2.27 bits per heavy atom. The molecule has 0 spiro atoms. The Morgan fingerprint density at radius 2 is 1.63 bits per heavy atom. The summed E-state index contributed by atoms with van der Waals surface area (Å²) in [6.45, 7) is 5.58. The van der Waals surface area contributed by atoms with Gasteiger partial charge in [0.25, 0.3) is 0 Å². The minimum atomic E-state index is -0.468. The average Bonchev–Trinajstić information content (AvgIpc) is 2.78. The van der Waals surface area contributed by atoms with Crippen molar-refractivity contribution in [3.05, 3.63) is 66.2 Å². The van der Waals surface area contributed by atoms with Crippen LogP contribution in [-0.4, -0.2) is 35.9 Å². The molecule has 2 aromatic rings. The number of unbranched alkanes of at least 4 members (excludes halogenated alkanes) is 1. The number of amides is 2. The molecule has 0 saturated heterocycles.